The first-order valence-corrected chi connectivity index (χ1v) is 6.11. The molecule has 3 nitrogen and oxygen atoms in total. The average Bonchev–Trinajstić information content (AvgIpc) is 2.96. The predicted octanol–water partition coefficient (Wildman–Crippen LogP) is 3.45. The monoisotopic (exact) mass is 440 g/mol. The van der Waals surface area contributed by atoms with Gasteiger partial charge in [-0.25, -0.2) is 0 Å². The molecule has 0 aliphatic carbocycles. The van der Waals surface area contributed by atoms with E-state index in [4.69, 9.17) is 4.74 Å². The standard InChI is InChI=1S/C16H11N2O.Ir/c1-19-11-6-7-13-14(10-11)12-4-2-3-5-15(12)18-9-8-17-16(13)18;/h2-6,8-10H,1H3;/q-1;. The largest absolute Gasteiger partial charge is 0.540 e. The molecule has 0 amide bonds. The first-order valence-electron chi connectivity index (χ1n) is 6.11. The van der Waals surface area contributed by atoms with E-state index < -0.39 is 0 Å². The van der Waals surface area contributed by atoms with Crippen LogP contribution in [-0.4, -0.2) is 16.5 Å². The van der Waals surface area contributed by atoms with Gasteiger partial charge in [0.2, 0.25) is 0 Å². The maximum Gasteiger partial charge on any atom is 0.0647 e. The van der Waals surface area contributed by atoms with Crippen molar-refractivity contribution in [1.29, 1.82) is 0 Å². The predicted molar refractivity (Wildman–Crippen MR) is 75.6 cm³/mol. The molecule has 2 aromatic carbocycles. The van der Waals surface area contributed by atoms with Gasteiger partial charge in [0.25, 0.3) is 0 Å². The summed E-state index contributed by atoms with van der Waals surface area (Å²) in [6, 6.07) is 15.5. The Morgan fingerprint density at radius 3 is 2.90 bits per heavy atom. The topological polar surface area (TPSA) is 26.5 Å². The second kappa shape index (κ2) is 4.89. The van der Waals surface area contributed by atoms with Crippen molar-refractivity contribution in [3.63, 3.8) is 0 Å². The summed E-state index contributed by atoms with van der Waals surface area (Å²) < 4.78 is 7.40. The van der Waals surface area contributed by atoms with Crippen LogP contribution in [0.1, 0.15) is 0 Å². The summed E-state index contributed by atoms with van der Waals surface area (Å²) in [5.41, 5.74) is 2.07. The molecule has 4 heteroatoms. The van der Waals surface area contributed by atoms with E-state index in [1.807, 2.05) is 36.7 Å². The molecule has 0 saturated heterocycles. The number of pyridine rings is 1. The molecule has 0 fully saturated rings. The summed E-state index contributed by atoms with van der Waals surface area (Å²) in [6.45, 7) is 0. The van der Waals surface area contributed by atoms with Gasteiger partial charge in [-0.3, -0.25) is 4.98 Å². The van der Waals surface area contributed by atoms with Crippen LogP contribution in [0.25, 0.3) is 27.3 Å². The molecule has 20 heavy (non-hydrogen) atoms. The number of para-hydroxylation sites is 1. The number of fused-ring (bicyclic) bond motifs is 6. The van der Waals surface area contributed by atoms with E-state index >= 15 is 0 Å². The van der Waals surface area contributed by atoms with Crippen LogP contribution in [0.5, 0.6) is 5.75 Å². The Morgan fingerprint density at radius 2 is 2.05 bits per heavy atom. The van der Waals surface area contributed by atoms with E-state index in [1.165, 1.54) is 5.39 Å². The maximum absolute atomic E-state index is 5.31. The Hall–Kier alpha value is -1.90. The smallest absolute Gasteiger partial charge is 0.0647 e. The van der Waals surface area contributed by atoms with Crippen molar-refractivity contribution in [2.24, 2.45) is 0 Å². The maximum atomic E-state index is 5.31. The molecule has 0 atom stereocenters. The number of methoxy groups -OCH3 is 1. The van der Waals surface area contributed by atoms with E-state index in [-0.39, 0.29) is 20.1 Å². The van der Waals surface area contributed by atoms with Crippen LogP contribution < -0.4 is 4.74 Å². The molecular formula is C16H11IrN2O-. The molecule has 0 spiro atoms. The summed E-state index contributed by atoms with van der Waals surface area (Å²) in [6.07, 6.45) is 3.80. The summed E-state index contributed by atoms with van der Waals surface area (Å²) in [7, 11) is 1.67. The summed E-state index contributed by atoms with van der Waals surface area (Å²) >= 11 is 0. The summed E-state index contributed by atoms with van der Waals surface area (Å²) in [5.74, 6) is 0.813. The van der Waals surface area contributed by atoms with Gasteiger partial charge >= 0.3 is 0 Å². The molecule has 0 saturated carbocycles. The Balaban J connectivity index is 0.00000121. The number of imidazole rings is 1. The van der Waals surface area contributed by atoms with Crippen molar-refractivity contribution in [2.75, 3.05) is 7.11 Å². The van der Waals surface area contributed by atoms with Crippen LogP contribution in [0.3, 0.4) is 0 Å². The van der Waals surface area contributed by atoms with Crippen LogP contribution in [0.2, 0.25) is 0 Å². The average molecular weight is 439 g/mol. The fourth-order valence-electron chi connectivity index (χ4n) is 2.59. The molecule has 0 aliphatic rings. The number of hydrogen-bond donors (Lipinski definition) is 0. The van der Waals surface area contributed by atoms with Crippen LogP contribution in [0.15, 0.2) is 48.8 Å². The quantitative estimate of drug-likeness (QED) is 0.336. The Morgan fingerprint density at radius 1 is 1.20 bits per heavy atom. The summed E-state index contributed by atoms with van der Waals surface area (Å²) in [4.78, 5) is 4.44. The SMILES string of the molecule is COc1c[c-]c2c(c1)c1ccccc1n1ccnc21.[Ir]. The van der Waals surface area contributed by atoms with Crippen molar-refractivity contribution in [1.82, 2.24) is 9.38 Å². The van der Waals surface area contributed by atoms with Gasteiger partial charge in [0.15, 0.2) is 0 Å². The van der Waals surface area contributed by atoms with Gasteiger partial charge in [0.05, 0.1) is 12.8 Å². The van der Waals surface area contributed by atoms with Gasteiger partial charge in [-0.05, 0) is 11.5 Å². The van der Waals surface area contributed by atoms with Crippen LogP contribution in [-0.2, 0) is 20.1 Å². The third-order valence-corrected chi connectivity index (χ3v) is 3.47. The van der Waals surface area contributed by atoms with E-state index in [0.29, 0.717) is 0 Å². The number of ether oxygens (including phenoxy) is 1. The van der Waals surface area contributed by atoms with Gasteiger partial charge < -0.3 is 9.14 Å². The molecule has 4 aromatic rings. The second-order valence-corrected chi connectivity index (χ2v) is 4.47. The minimum absolute atomic E-state index is 0. The Bertz CT molecular complexity index is 914. The van der Waals surface area contributed by atoms with Crippen molar-refractivity contribution >= 4 is 27.3 Å². The molecule has 1 radical (unpaired) electrons. The van der Waals surface area contributed by atoms with Crippen molar-refractivity contribution in [3.8, 4) is 5.75 Å². The molecule has 0 unspecified atom stereocenters. The van der Waals surface area contributed by atoms with Crippen LogP contribution in [0, 0.1) is 6.07 Å². The first-order chi connectivity index (χ1) is 9.38. The zero-order valence-corrected chi connectivity index (χ0v) is 13.1. The molecule has 0 aliphatic heterocycles. The molecular weight excluding hydrogens is 428 g/mol. The van der Waals surface area contributed by atoms with Crippen LogP contribution in [0.4, 0.5) is 0 Å². The third kappa shape index (κ3) is 1.73. The van der Waals surface area contributed by atoms with E-state index in [0.717, 1.165) is 27.7 Å². The van der Waals surface area contributed by atoms with Gasteiger partial charge in [0, 0.05) is 43.8 Å². The van der Waals surface area contributed by atoms with E-state index in [1.54, 1.807) is 7.11 Å². The number of benzene rings is 2. The van der Waals surface area contributed by atoms with E-state index in [9.17, 15) is 0 Å². The zero-order valence-electron chi connectivity index (χ0n) is 10.8. The molecule has 101 valence electrons. The van der Waals surface area contributed by atoms with Gasteiger partial charge in [-0.1, -0.05) is 35.0 Å². The van der Waals surface area contributed by atoms with E-state index in [2.05, 4.69) is 27.6 Å². The second-order valence-electron chi connectivity index (χ2n) is 4.47. The molecule has 0 N–H and O–H groups in total. The molecule has 4 rings (SSSR count). The summed E-state index contributed by atoms with van der Waals surface area (Å²) in [5, 5.41) is 3.32. The number of nitrogens with zero attached hydrogens (tertiary/aromatic N) is 2. The third-order valence-electron chi connectivity index (χ3n) is 3.47. The van der Waals surface area contributed by atoms with Crippen molar-refractivity contribution < 1.29 is 24.8 Å². The Labute approximate surface area is 129 Å². The normalized spacial score (nSPS) is 10.8. The number of rotatable bonds is 1. The van der Waals surface area contributed by atoms with Crippen molar-refractivity contribution in [2.45, 2.75) is 0 Å². The van der Waals surface area contributed by atoms with Gasteiger partial charge in [-0.15, -0.1) is 12.1 Å². The molecule has 2 heterocycles. The fraction of sp³-hybridized carbons (Fsp3) is 0.0625. The zero-order chi connectivity index (χ0) is 12.8. The Kier molecular flexibility index (Phi) is 3.20. The fourth-order valence-corrected chi connectivity index (χ4v) is 2.59. The van der Waals surface area contributed by atoms with Gasteiger partial charge in [0.1, 0.15) is 0 Å². The van der Waals surface area contributed by atoms with Gasteiger partial charge in [-0.2, -0.15) is 0 Å². The number of aromatic nitrogens is 2. The molecule has 0 bridgehead atoms. The minimum atomic E-state index is 0. The van der Waals surface area contributed by atoms with Crippen LogP contribution >= 0.6 is 0 Å². The molecule has 2 aromatic heterocycles. The number of hydrogen-bond acceptors (Lipinski definition) is 2. The van der Waals surface area contributed by atoms with Crippen molar-refractivity contribution in [3.05, 3.63) is 54.9 Å². The first kappa shape index (κ1) is 13.1. The minimum Gasteiger partial charge on any atom is -0.540 e.